The molecule has 19 heavy (non-hydrogen) atoms. The van der Waals surface area contributed by atoms with Crippen LogP contribution in [0, 0.1) is 13.8 Å². The lowest BCUT2D eigenvalue weighted by molar-refractivity contribution is 0.0947. The standard InChI is InChI=1S/C13H12BrClN2O2/c1-7-8(2)19-12(17-7)6-16-13(18)9-3-4-11(15)10(14)5-9/h3-5H,6H2,1-2H3,(H,16,18). The topological polar surface area (TPSA) is 55.1 Å². The van der Waals surface area contributed by atoms with Crippen molar-refractivity contribution in [3.63, 3.8) is 0 Å². The molecule has 0 radical (unpaired) electrons. The number of carbonyl (C=O) groups excluding carboxylic acids is 1. The van der Waals surface area contributed by atoms with E-state index in [-0.39, 0.29) is 12.5 Å². The van der Waals surface area contributed by atoms with Gasteiger partial charge in [-0.05, 0) is 48.0 Å². The second-order valence-electron chi connectivity index (χ2n) is 4.06. The molecule has 6 heteroatoms. The summed E-state index contributed by atoms with van der Waals surface area (Å²) in [5.74, 6) is 1.06. The normalized spacial score (nSPS) is 10.5. The third-order valence-electron chi connectivity index (χ3n) is 2.65. The molecule has 1 N–H and O–H groups in total. The van der Waals surface area contributed by atoms with Crippen molar-refractivity contribution in [3.8, 4) is 0 Å². The van der Waals surface area contributed by atoms with Crippen LogP contribution in [0.25, 0.3) is 0 Å². The first-order valence-corrected chi connectivity index (χ1v) is 6.80. The number of carbonyl (C=O) groups is 1. The van der Waals surface area contributed by atoms with E-state index in [0.29, 0.717) is 20.9 Å². The maximum Gasteiger partial charge on any atom is 0.251 e. The molecule has 100 valence electrons. The van der Waals surface area contributed by atoms with Crippen molar-refractivity contribution < 1.29 is 9.21 Å². The number of nitrogens with zero attached hydrogens (tertiary/aromatic N) is 1. The molecule has 0 aliphatic rings. The quantitative estimate of drug-likeness (QED) is 0.925. The lowest BCUT2D eigenvalue weighted by atomic mass is 10.2. The molecule has 0 bridgehead atoms. The zero-order chi connectivity index (χ0) is 14.0. The Labute approximate surface area is 124 Å². The molecule has 0 atom stereocenters. The molecular formula is C13H12BrClN2O2. The van der Waals surface area contributed by atoms with Crippen LogP contribution in [0.2, 0.25) is 5.02 Å². The van der Waals surface area contributed by atoms with E-state index in [1.54, 1.807) is 18.2 Å². The predicted octanol–water partition coefficient (Wildman–Crippen LogP) is 3.64. The predicted molar refractivity (Wildman–Crippen MR) is 76.3 cm³/mol. The number of amides is 1. The van der Waals surface area contributed by atoms with Crippen molar-refractivity contribution in [2.45, 2.75) is 20.4 Å². The SMILES string of the molecule is Cc1nc(CNC(=O)c2ccc(Cl)c(Br)c2)oc1C. The highest BCUT2D eigenvalue weighted by Crippen LogP contribution is 2.23. The van der Waals surface area contributed by atoms with Gasteiger partial charge in [0, 0.05) is 10.0 Å². The third kappa shape index (κ3) is 3.36. The Morgan fingerprint density at radius 1 is 1.47 bits per heavy atom. The van der Waals surface area contributed by atoms with Crippen molar-refractivity contribution in [3.05, 3.63) is 50.6 Å². The first-order valence-electron chi connectivity index (χ1n) is 5.63. The molecule has 0 saturated heterocycles. The molecule has 0 unspecified atom stereocenters. The van der Waals surface area contributed by atoms with Crippen molar-refractivity contribution in [1.82, 2.24) is 10.3 Å². The van der Waals surface area contributed by atoms with Gasteiger partial charge in [0.15, 0.2) is 0 Å². The van der Waals surface area contributed by atoms with E-state index < -0.39 is 0 Å². The molecule has 4 nitrogen and oxygen atoms in total. The number of aryl methyl sites for hydroxylation is 2. The Balaban J connectivity index is 2.03. The van der Waals surface area contributed by atoms with Crippen LogP contribution in [-0.2, 0) is 6.54 Å². The molecule has 0 fully saturated rings. The number of hydrogen-bond donors (Lipinski definition) is 1. The van der Waals surface area contributed by atoms with Crippen molar-refractivity contribution in [1.29, 1.82) is 0 Å². The van der Waals surface area contributed by atoms with Crippen LogP contribution in [0.1, 0.15) is 27.7 Å². The Bertz CT molecular complexity index is 606. The van der Waals surface area contributed by atoms with E-state index in [1.807, 2.05) is 13.8 Å². The van der Waals surface area contributed by atoms with Gasteiger partial charge < -0.3 is 9.73 Å². The Kier molecular flexibility index (Phi) is 4.27. The molecule has 1 aromatic heterocycles. The second kappa shape index (κ2) is 5.75. The van der Waals surface area contributed by atoms with Gasteiger partial charge >= 0.3 is 0 Å². The van der Waals surface area contributed by atoms with Crippen LogP contribution in [0.15, 0.2) is 27.1 Å². The Morgan fingerprint density at radius 3 is 2.79 bits per heavy atom. The molecule has 1 aromatic carbocycles. The number of hydrogen-bond acceptors (Lipinski definition) is 3. The summed E-state index contributed by atoms with van der Waals surface area (Å²) in [5, 5.41) is 3.31. The monoisotopic (exact) mass is 342 g/mol. The fourth-order valence-corrected chi connectivity index (χ4v) is 2.01. The average Bonchev–Trinajstić information content (AvgIpc) is 2.69. The smallest absolute Gasteiger partial charge is 0.251 e. The van der Waals surface area contributed by atoms with E-state index in [1.165, 1.54) is 0 Å². The Hall–Kier alpha value is -1.33. The van der Waals surface area contributed by atoms with E-state index >= 15 is 0 Å². The van der Waals surface area contributed by atoms with Crippen LogP contribution in [0.3, 0.4) is 0 Å². The zero-order valence-electron chi connectivity index (χ0n) is 10.5. The summed E-state index contributed by atoms with van der Waals surface area (Å²) in [7, 11) is 0. The van der Waals surface area contributed by atoms with Gasteiger partial charge in [-0.25, -0.2) is 4.98 Å². The minimum Gasteiger partial charge on any atom is -0.444 e. The minimum atomic E-state index is -0.203. The molecule has 2 aromatic rings. The summed E-state index contributed by atoms with van der Waals surface area (Å²) in [6.45, 7) is 3.96. The highest BCUT2D eigenvalue weighted by Gasteiger charge is 2.10. The van der Waals surface area contributed by atoms with E-state index in [2.05, 4.69) is 26.2 Å². The summed E-state index contributed by atoms with van der Waals surface area (Å²) < 4.78 is 6.07. The summed E-state index contributed by atoms with van der Waals surface area (Å²) in [5.41, 5.74) is 1.36. The second-order valence-corrected chi connectivity index (χ2v) is 5.32. The number of benzene rings is 1. The summed E-state index contributed by atoms with van der Waals surface area (Å²) in [4.78, 5) is 16.1. The molecule has 0 spiro atoms. The van der Waals surface area contributed by atoms with Gasteiger partial charge in [0.2, 0.25) is 5.89 Å². The Morgan fingerprint density at radius 2 is 2.21 bits per heavy atom. The molecular weight excluding hydrogens is 332 g/mol. The molecule has 0 aliphatic carbocycles. The summed E-state index contributed by atoms with van der Waals surface area (Å²) >= 11 is 9.16. The summed E-state index contributed by atoms with van der Waals surface area (Å²) in [6, 6.07) is 5.00. The lowest BCUT2D eigenvalue weighted by Crippen LogP contribution is -2.22. The number of oxazole rings is 1. The van der Waals surface area contributed by atoms with Gasteiger partial charge in [-0.3, -0.25) is 4.79 Å². The maximum absolute atomic E-state index is 11.9. The molecule has 0 aliphatic heterocycles. The van der Waals surface area contributed by atoms with Crippen molar-refractivity contribution >= 4 is 33.4 Å². The summed E-state index contributed by atoms with van der Waals surface area (Å²) in [6.07, 6.45) is 0. The first-order chi connectivity index (χ1) is 8.97. The molecule has 2 rings (SSSR count). The highest BCUT2D eigenvalue weighted by molar-refractivity contribution is 9.10. The molecule has 0 saturated carbocycles. The van der Waals surface area contributed by atoms with Crippen LogP contribution in [0.5, 0.6) is 0 Å². The first kappa shape index (κ1) is 14.1. The van der Waals surface area contributed by atoms with Gasteiger partial charge in [0.25, 0.3) is 5.91 Å². The van der Waals surface area contributed by atoms with Crippen LogP contribution in [0.4, 0.5) is 0 Å². The van der Waals surface area contributed by atoms with Gasteiger partial charge in [0.1, 0.15) is 5.76 Å². The van der Waals surface area contributed by atoms with E-state index in [4.69, 9.17) is 16.0 Å². The number of aromatic nitrogens is 1. The maximum atomic E-state index is 11.9. The fourth-order valence-electron chi connectivity index (χ4n) is 1.51. The fraction of sp³-hybridized carbons (Fsp3) is 0.231. The van der Waals surface area contributed by atoms with Gasteiger partial charge in [0.05, 0.1) is 17.3 Å². The lowest BCUT2D eigenvalue weighted by Gasteiger charge is -2.04. The largest absolute Gasteiger partial charge is 0.444 e. The van der Waals surface area contributed by atoms with Crippen LogP contribution >= 0.6 is 27.5 Å². The molecule has 1 amide bonds. The average molecular weight is 344 g/mol. The van der Waals surface area contributed by atoms with E-state index in [0.717, 1.165) is 11.5 Å². The van der Waals surface area contributed by atoms with Gasteiger partial charge in [-0.2, -0.15) is 0 Å². The van der Waals surface area contributed by atoms with Gasteiger partial charge in [-0.1, -0.05) is 11.6 Å². The number of rotatable bonds is 3. The highest BCUT2D eigenvalue weighted by atomic mass is 79.9. The zero-order valence-corrected chi connectivity index (χ0v) is 12.8. The van der Waals surface area contributed by atoms with Crippen molar-refractivity contribution in [2.24, 2.45) is 0 Å². The van der Waals surface area contributed by atoms with Crippen LogP contribution < -0.4 is 5.32 Å². The van der Waals surface area contributed by atoms with Crippen molar-refractivity contribution in [2.75, 3.05) is 0 Å². The minimum absolute atomic E-state index is 0.203. The third-order valence-corrected chi connectivity index (χ3v) is 3.87. The number of nitrogens with one attached hydrogen (secondary N) is 1. The molecule has 1 heterocycles. The van der Waals surface area contributed by atoms with E-state index in [9.17, 15) is 4.79 Å². The van der Waals surface area contributed by atoms with Crippen LogP contribution in [-0.4, -0.2) is 10.9 Å². The number of halogens is 2. The van der Waals surface area contributed by atoms with Gasteiger partial charge in [-0.15, -0.1) is 0 Å².